The van der Waals surface area contributed by atoms with Gasteiger partial charge in [-0.3, -0.25) is 4.40 Å². The summed E-state index contributed by atoms with van der Waals surface area (Å²) in [5.74, 6) is 1.70. The number of nitrogens with two attached hydrogens (primary N) is 1. The minimum Gasteiger partial charge on any atom is -0.463 e. The predicted octanol–water partition coefficient (Wildman–Crippen LogP) is 1.85. The first-order valence-electron chi connectivity index (χ1n) is 7.94. The highest BCUT2D eigenvalue weighted by Crippen LogP contribution is 2.29. The van der Waals surface area contributed by atoms with Gasteiger partial charge < -0.3 is 16.2 Å². The van der Waals surface area contributed by atoms with Gasteiger partial charge in [0.15, 0.2) is 17.5 Å². The Morgan fingerprint density at radius 2 is 1.96 bits per heavy atom. The van der Waals surface area contributed by atoms with Crippen LogP contribution >= 0.6 is 0 Å². The molecule has 11 nitrogen and oxygen atoms in total. The number of nitrogens with one attached hydrogen (secondary N) is 1. The number of nitrogen functional groups attached to an aromatic ring is 1. The molecule has 4 aromatic rings. The molecule has 4 heterocycles. The third-order valence-corrected chi connectivity index (χ3v) is 3.84. The molecule has 136 valence electrons. The maximum Gasteiger partial charge on any atom is 0.432 e. The molecule has 0 amide bonds. The number of anilines is 3. The van der Waals surface area contributed by atoms with Gasteiger partial charge in [-0.15, -0.1) is 5.10 Å². The summed E-state index contributed by atoms with van der Waals surface area (Å²) in [6.45, 7) is 3.46. The lowest BCUT2D eigenvalue weighted by Crippen LogP contribution is -2.08. The number of carboxylic acid groups (broad SMARTS) is 1. The van der Waals surface area contributed by atoms with Crippen LogP contribution in [0.4, 0.5) is 22.4 Å². The molecule has 0 bridgehead atoms. The second-order valence-electron chi connectivity index (χ2n) is 5.82. The van der Waals surface area contributed by atoms with E-state index in [2.05, 4.69) is 30.4 Å². The molecule has 0 atom stereocenters. The summed E-state index contributed by atoms with van der Waals surface area (Å²) in [5.41, 5.74) is 7.64. The highest BCUT2D eigenvalue weighted by molar-refractivity contribution is 5.77. The topological polar surface area (TPSA) is 149 Å². The molecule has 0 aliphatic rings. The summed E-state index contributed by atoms with van der Waals surface area (Å²) < 4.78 is 2.64. The third kappa shape index (κ3) is 2.90. The van der Waals surface area contributed by atoms with E-state index in [0.29, 0.717) is 40.2 Å². The average molecular weight is 365 g/mol. The Labute approximate surface area is 152 Å². The Balaban J connectivity index is 1.89. The molecule has 0 spiro atoms. The van der Waals surface area contributed by atoms with E-state index in [4.69, 9.17) is 10.8 Å². The Morgan fingerprint density at radius 3 is 2.67 bits per heavy atom. The van der Waals surface area contributed by atoms with E-state index in [0.717, 1.165) is 4.68 Å². The Hall–Kier alpha value is -4.02. The number of imidazole rings is 1. The van der Waals surface area contributed by atoms with Gasteiger partial charge >= 0.3 is 6.09 Å². The van der Waals surface area contributed by atoms with Gasteiger partial charge in [0.1, 0.15) is 17.2 Å². The normalized spacial score (nSPS) is 11.0. The van der Waals surface area contributed by atoms with Crippen LogP contribution in [0.1, 0.15) is 11.4 Å². The minimum atomic E-state index is -1.18. The van der Waals surface area contributed by atoms with Gasteiger partial charge in [-0.1, -0.05) is 6.07 Å². The molecule has 0 fully saturated rings. The van der Waals surface area contributed by atoms with Crippen LogP contribution < -0.4 is 11.1 Å². The largest absolute Gasteiger partial charge is 0.463 e. The molecule has 4 rings (SSSR count). The number of hydrogen-bond donors (Lipinski definition) is 3. The van der Waals surface area contributed by atoms with Gasteiger partial charge in [-0.2, -0.15) is 14.6 Å². The molecule has 4 N–H and O–H groups in total. The van der Waals surface area contributed by atoms with Crippen LogP contribution in [0.5, 0.6) is 0 Å². The molecule has 0 aliphatic carbocycles. The Kier molecular flexibility index (Phi) is 3.69. The van der Waals surface area contributed by atoms with Gasteiger partial charge in [0.2, 0.25) is 5.95 Å². The minimum absolute atomic E-state index is 0.0978. The van der Waals surface area contributed by atoms with Crippen molar-refractivity contribution in [3.8, 4) is 11.5 Å². The standard InChI is InChI=1S/C16H15N9O2/c1-8-7-25(16(26)27)23-12(8)21-14-11(13-18-9(2)19-15(17)22-13)24-6-4-3-5-10(24)20-14/h3-7H,1-2H3,(H,21,23)(H,26,27)(H2,17,18,19,22). The number of pyridine rings is 1. The van der Waals surface area contributed by atoms with Crippen molar-refractivity contribution < 1.29 is 9.90 Å². The lowest BCUT2D eigenvalue weighted by Gasteiger charge is -2.06. The monoisotopic (exact) mass is 365 g/mol. The molecule has 0 aliphatic heterocycles. The van der Waals surface area contributed by atoms with Crippen LogP contribution in [-0.4, -0.2) is 45.3 Å². The fourth-order valence-electron chi connectivity index (χ4n) is 2.70. The van der Waals surface area contributed by atoms with Crippen molar-refractivity contribution in [1.29, 1.82) is 0 Å². The number of fused-ring (bicyclic) bond motifs is 1. The summed E-state index contributed by atoms with van der Waals surface area (Å²) in [7, 11) is 0. The fourth-order valence-corrected chi connectivity index (χ4v) is 2.70. The molecule has 0 radical (unpaired) electrons. The van der Waals surface area contributed by atoms with E-state index in [1.165, 1.54) is 6.20 Å². The van der Waals surface area contributed by atoms with Crippen LogP contribution in [0, 0.1) is 13.8 Å². The molecule has 27 heavy (non-hydrogen) atoms. The summed E-state index contributed by atoms with van der Waals surface area (Å²) >= 11 is 0. The number of aryl methyl sites for hydroxylation is 2. The quantitative estimate of drug-likeness (QED) is 0.494. The van der Waals surface area contributed by atoms with Crippen molar-refractivity contribution in [2.24, 2.45) is 0 Å². The lowest BCUT2D eigenvalue weighted by atomic mass is 10.3. The fraction of sp³-hybridized carbons (Fsp3) is 0.125. The maximum atomic E-state index is 11.1. The summed E-state index contributed by atoms with van der Waals surface area (Å²) in [4.78, 5) is 28.3. The number of hydrogen-bond acceptors (Lipinski definition) is 8. The van der Waals surface area contributed by atoms with Crippen LogP contribution in [0.25, 0.3) is 17.2 Å². The highest BCUT2D eigenvalue weighted by atomic mass is 16.4. The Bertz CT molecular complexity index is 1160. The first-order valence-corrected chi connectivity index (χ1v) is 7.94. The number of nitrogens with zero attached hydrogens (tertiary/aromatic N) is 7. The summed E-state index contributed by atoms with van der Waals surface area (Å²) in [6, 6.07) is 5.53. The predicted molar refractivity (Wildman–Crippen MR) is 96.8 cm³/mol. The third-order valence-electron chi connectivity index (χ3n) is 3.84. The van der Waals surface area contributed by atoms with E-state index in [9.17, 15) is 4.79 Å². The molecular weight excluding hydrogens is 350 g/mol. The number of aromatic nitrogens is 7. The molecule has 0 saturated carbocycles. The van der Waals surface area contributed by atoms with Gasteiger partial charge in [0, 0.05) is 18.0 Å². The zero-order chi connectivity index (χ0) is 19.1. The molecule has 0 unspecified atom stereocenters. The first kappa shape index (κ1) is 16.4. The van der Waals surface area contributed by atoms with E-state index in [-0.39, 0.29) is 5.95 Å². The number of rotatable bonds is 3. The van der Waals surface area contributed by atoms with Crippen molar-refractivity contribution in [3.05, 3.63) is 42.0 Å². The summed E-state index contributed by atoms with van der Waals surface area (Å²) in [6.07, 6.45) is 2.05. The van der Waals surface area contributed by atoms with Crippen molar-refractivity contribution >= 4 is 29.3 Å². The van der Waals surface area contributed by atoms with Gasteiger partial charge in [0.25, 0.3) is 0 Å². The van der Waals surface area contributed by atoms with Crippen molar-refractivity contribution in [1.82, 2.24) is 34.1 Å². The van der Waals surface area contributed by atoms with Crippen molar-refractivity contribution in [2.45, 2.75) is 13.8 Å². The van der Waals surface area contributed by atoms with Crippen LogP contribution in [0.2, 0.25) is 0 Å². The molecule has 0 saturated heterocycles. The molecular formula is C16H15N9O2. The highest BCUT2D eigenvalue weighted by Gasteiger charge is 2.20. The SMILES string of the molecule is Cc1nc(N)nc(-c2c(Nc3nn(C(=O)O)cc3C)nc3ccccn23)n1. The Morgan fingerprint density at radius 1 is 1.15 bits per heavy atom. The van der Waals surface area contributed by atoms with E-state index < -0.39 is 6.09 Å². The molecule has 4 aromatic heterocycles. The molecule has 11 heteroatoms. The van der Waals surface area contributed by atoms with Crippen molar-refractivity contribution in [3.63, 3.8) is 0 Å². The summed E-state index contributed by atoms with van der Waals surface area (Å²) in [5, 5.41) is 16.2. The zero-order valence-electron chi connectivity index (χ0n) is 14.5. The number of carbonyl (C=O) groups is 1. The second kappa shape index (κ2) is 6.05. The van der Waals surface area contributed by atoms with Gasteiger partial charge in [-0.05, 0) is 26.0 Å². The van der Waals surface area contributed by atoms with E-state index in [1.54, 1.807) is 18.2 Å². The zero-order valence-corrected chi connectivity index (χ0v) is 14.5. The average Bonchev–Trinajstić information content (AvgIpc) is 3.15. The van der Waals surface area contributed by atoms with Crippen LogP contribution in [0.15, 0.2) is 30.6 Å². The molecule has 0 aromatic carbocycles. The van der Waals surface area contributed by atoms with Gasteiger partial charge in [-0.25, -0.2) is 14.8 Å². The van der Waals surface area contributed by atoms with E-state index >= 15 is 0 Å². The smallest absolute Gasteiger partial charge is 0.432 e. The second-order valence-corrected chi connectivity index (χ2v) is 5.82. The van der Waals surface area contributed by atoms with E-state index in [1.807, 2.05) is 24.4 Å². The lowest BCUT2D eigenvalue weighted by molar-refractivity contribution is 0.192. The van der Waals surface area contributed by atoms with Crippen LogP contribution in [0.3, 0.4) is 0 Å². The first-order chi connectivity index (χ1) is 12.9. The van der Waals surface area contributed by atoms with Crippen molar-refractivity contribution in [2.75, 3.05) is 11.1 Å². The van der Waals surface area contributed by atoms with Crippen LogP contribution in [-0.2, 0) is 0 Å². The maximum absolute atomic E-state index is 11.1. The van der Waals surface area contributed by atoms with Gasteiger partial charge in [0.05, 0.1) is 0 Å².